The van der Waals surface area contributed by atoms with E-state index in [-0.39, 0.29) is 11.8 Å². The fourth-order valence-electron chi connectivity index (χ4n) is 2.58. The van der Waals surface area contributed by atoms with Crippen LogP contribution in [0, 0.1) is 5.92 Å². The molecule has 2 N–H and O–H groups in total. The van der Waals surface area contributed by atoms with E-state index in [9.17, 15) is 4.79 Å². The highest BCUT2D eigenvalue weighted by Crippen LogP contribution is 2.16. The first-order valence-corrected chi connectivity index (χ1v) is 6.78. The van der Waals surface area contributed by atoms with E-state index in [1.807, 2.05) is 5.01 Å². The fraction of sp³-hybridized carbons (Fsp3) is 0.917. The van der Waals surface area contributed by atoms with Crippen LogP contribution >= 0.6 is 0 Å². The van der Waals surface area contributed by atoms with E-state index in [4.69, 9.17) is 0 Å². The van der Waals surface area contributed by atoms with Crippen molar-refractivity contribution in [1.29, 1.82) is 0 Å². The molecule has 98 valence electrons. The Labute approximate surface area is 103 Å². The highest BCUT2D eigenvalue weighted by atomic mass is 16.2. The molecule has 2 rings (SSSR count). The lowest BCUT2D eigenvalue weighted by atomic mass is 9.97. The van der Waals surface area contributed by atoms with Crippen LogP contribution in [-0.4, -0.2) is 61.6 Å². The second-order valence-corrected chi connectivity index (χ2v) is 4.95. The summed E-state index contributed by atoms with van der Waals surface area (Å²) in [4.78, 5) is 14.5. The quantitative estimate of drug-likeness (QED) is 0.708. The van der Waals surface area contributed by atoms with Gasteiger partial charge in [-0.05, 0) is 25.9 Å². The molecule has 1 unspecified atom stereocenters. The molecule has 2 heterocycles. The molecule has 0 spiro atoms. The van der Waals surface area contributed by atoms with Crippen LogP contribution in [0.25, 0.3) is 0 Å². The standard InChI is InChI=1S/C12H24N4O/c1-2-15-7-3-4-11(10-15)12(17)14-16-8-5-13-6-9-16/h11,13H,2-10H2,1H3,(H,14,17). The van der Waals surface area contributed by atoms with Crippen LogP contribution in [0.2, 0.25) is 0 Å². The van der Waals surface area contributed by atoms with Crippen LogP contribution in [0.4, 0.5) is 0 Å². The lowest BCUT2D eigenvalue weighted by molar-refractivity contribution is -0.132. The number of carbonyl (C=O) groups excluding carboxylic acids is 1. The maximum Gasteiger partial charge on any atom is 0.238 e. The normalized spacial score (nSPS) is 27.9. The fourth-order valence-corrected chi connectivity index (χ4v) is 2.58. The SMILES string of the molecule is CCN1CCCC(C(=O)NN2CCNCC2)C1. The molecule has 0 radical (unpaired) electrons. The monoisotopic (exact) mass is 240 g/mol. The Balaban J connectivity index is 1.78. The molecule has 2 aliphatic heterocycles. The van der Waals surface area contributed by atoms with E-state index in [0.29, 0.717) is 0 Å². The zero-order chi connectivity index (χ0) is 12.1. The summed E-state index contributed by atoms with van der Waals surface area (Å²) in [5.41, 5.74) is 3.06. The van der Waals surface area contributed by atoms with Gasteiger partial charge in [-0.25, -0.2) is 5.01 Å². The van der Waals surface area contributed by atoms with Crippen molar-refractivity contribution in [2.75, 3.05) is 45.8 Å². The minimum absolute atomic E-state index is 0.179. The summed E-state index contributed by atoms with van der Waals surface area (Å²) < 4.78 is 0. The van der Waals surface area contributed by atoms with Crippen LogP contribution in [0.15, 0.2) is 0 Å². The number of hydrogen-bond acceptors (Lipinski definition) is 4. The number of hydrazine groups is 1. The predicted octanol–water partition coefficient (Wildman–Crippen LogP) is -0.345. The van der Waals surface area contributed by atoms with Crippen molar-refractivity contribution in [1.82, 2.24) is 20.7 Å². The smallest absolute Gasteiger partial charge is 0.238 e. The van der Waals surface area contributed by atoms with E-state index in [2.05, 4.69) is 22.6 Å². The Morgan fingerprint density at radius 2 is 2.12 bits per heavy atom. The van der Waals surface area contributed by atoms with Crippen LogP contribution in [0.5, 0.6) is 0 Å². The summed E-state index contributed by atoms with van der Waals surface area (Å²) in [6, 6.07) is 0. The van der Waals surface area contributed by atoms with Crippen molar-refractivity contribution in [3.05, 3.63) is 0 Å². The summed E-state index contributed by atoms with van der Waals surface area (Å²) in [6.45, 7) is 9.04. The van der Waals surface area contributed by atoms with E-state index in [1.165, 1.54) is 0 Å². The Hall–Kier alpha value is -0.650. The number of piperidine rings is 1. The topological polar surface area (TPSA) is 47.6 Å². The number of nitrogens with zero attached hydrogens (tertiary/aromatic N) is 2. The molecule has 2 aliphatic rings. The van der Waals surface area contributed by atoms with Gasteiger partial charge in [0, 0.05) is 32.7 Å². The summed E-state index contributed by atoms with van der Waals surface area (Å²) in [7, 11) is 0. The van der Waals surface area contributed by atoms with E-state index < -0.39 is 0 Å². The van der Waals surface area contributed by atoms with E-state index in [1.54, 1.807) is 0 Å². The molecule has 5 heteroatoms. The Morgan fingerprint density at radius 1 is 1.35 bits per heavy atom. The number of hydrogen-bond donors (Lipinski definition) is 2. The highest BCUT2D eigenvalue weighted by Gasteiger charge is 2.26. The lowest BCUT2D eigenvalue weighted by Crippen LogP contribution is -2.54. The number of piperazine rings is 1. The first-order chi connectivity index (χ1) is 8.29. The maximum atomic E-state index is 12.1. The number of likely N-dealkylation sites (tertiary alicyclic amines) is 1. The van der Waals surface area contributed by atoms with Gasteiger partial charge in [-0.2, -0.15) is 0 Å². The van der Waals surface area contributed by atoms with Crippen LogP contribution in [-0.2, 0) is 4.79 Å². The second kappa shape index (κ2) is 6.33. The average molecular weight is 240 g/mol. The zero-order valence-electron chi connectivity index (χ0n) is 10.7. The van der Waals surface area contributed by atoms with Gasteiger partial charge in [0.15, 0.2) is 0 Å². The summed E-state index contributed by atoms with van der Waals surface area (Å²) in [6.07, 6.45) is 2.18. The number of amides is 1. The largest absolute Gasteiger partial charge is 0.314 e. The molecule has 5 nitrogen and oxygen atoms in total. The van der Waals surface area contributed by atoms with Gasteiger partial charge in [0.25, 0.3) is 0 Å². The van der Waals surface area contributed by atoms with Crippen molar-refractivity contribution >= 4 is 5.91 Å². The number of nitrogens with one attached hydrogen (secondary N) is 2. The minimum Gasteiger partial charge on any atom is -0.314 e. The zero-order valence-corrected chi connectivity index (χ0v) is 10.7. The van der Waals surface area contributed by atoms with Gasteiger partial charge in [0.05, 0.1) is 5.92 Å². The van der Waals surface area contributed by atoms with Crippen molar-refractivity contribution in [3.8, 4) is 0 Å². The van der Waals surface area contributed by atoms with Crippen molar-refractivity contribution in [2.45, 2.75) is 19.8 Å². The molecule has 0 bridgehead atoms. The molecule has 0 aromatic rings. The van der Waals surface area contributed by atoms with Gasteiger partial charge in [0.2, 0.25) is 5.91 Å². The maximum absolute atomic E-state index is 12.1. The van der Waals surface area contributed by atoms with Gasteiger partial charge in [-0.3, -0.25) is 10.2 Å². The van der Waals surface area contributed by atoms with Crippen LogP contribution in [0.1, 0.15) is 19.8 Å². The number of carbonyl (C=O) groups is 1. The third kappa shape index (κ3) is 3.66. The molecular weight excluding hydrogens is 216 g/mol. The Kier molecular flexibility index (Phi) is 4.76. The third-order valence-corrected chi connectivity index (χ3v) is 3.71. The predicted molar refractivity (Wildman–Crippen MR) is 67.4 cm³/mol. The summed E-state index contributed by atoms with van der Waals surface area (Å²) >= 11 is 0. The van der Waals surface area contributed by atoms with Gasteiger partial charge in [-0.15, -0.1) is 0 Å². The first kappa shape index (κ1) is 12.8. The second-order valence-electron chi connectivity index (χ2n) is 4.95. The van der Waals surface area contributed by atoms with Gasteiger partial charge in [0.1, 0.15) is 0 Å². The molecule has 17 heavy (non-hydrogen) atoms. The molecule has 0 aromatic heterocycles. The molecule has 0 saturated carbocycles. The van der Waals surface area contributed by atoms with Crippen molar-refractivity contribution in [3.63, 3.8) is 0 Å². The van der Waals surface area contributed by atoms with Gasteiger partial charge in [-0.1, -0.05) is 6.92 Å². The lowest BCUT2D eigenvalue weighted by Gasteiger charge is -2.33. The van der Waals surface area contributed by atoms with Crippen LogP contribution < -0.4 is 10.7 Å². The summed E-state index contributed by atoms with van der Waals surface area (Å²) in [5, 5.41) is 5.33. The molecular formula is C12H24N4O. The van der Waals surface area contributed by atoms with Gasteiger partial charge >= 0.3 is 0 Å². The van der Waals surface area contributed by atoms with Crippen molar-refractivity contribution in [2.24, 2.45) is 5.92 Å². The third-order valence-electron chi connectivity index (χ3n) is 3.71. The molecule has 2 saturated heterocycles. The van der Waals surface area contributed by atoms with Crippen LogP contribution in [0.3, 0.4) is 0 Å². The molecule has 1 atom stereocenters. The summed E-state index contributed by atoms with van der Waals surface area (Å²) in [5.74, 6) is 0.392. The van der Waals surface area contributed by atoms with Crippen molar-refractivity contribution < 1.29 is 4.79 Å². The Morgan fingerprint density at radius 3 is 2.82 bits per heavy atom. The molecule has 1 amide bonds. The van der Waals surface area contributed by atoms with E-state index >= 15 is 0 Å². The molecule has 0 aliphatic carbocycles. The molecule has 2 fully saturated rings. The minimum atomic E-state index is 0.179. The van der Waals surface area contributed by atoms with Gasteiger partial charge < -0.3 is 10.2 Å². The molecule has 0 aromatic carbocycles. The average Bonchev–Trinajstić information content (AvgIpc) is 2.40. The first-order valence-electron chi connectivity index (χ1n) is 6.78. The highest BCUT2D eigenvalue weighted by molar-refractivity contribution is 5.78. The number of rotatable bonds is 3. The van der Waals surface area contributed by atoms with E-state index in [0.717, 1.165) is 58.7 Å². The Bertz CT molecular complexity index is 253.